The van der Waals surface area contributed by atoms with Gasteiger partial charge in [-0.15, -0.1) is 0 Å². The number of aliphatic hydroxyl groups is 1. The number of hydrogen-bond donors (Lipinski definition) is 2. The van der Waals surface area contributed by atoms with E-state index in [-0.39, 0.29) is 18.2 Å². The van der Waals surface area contributed by atoms with Crippen molar-refractivity contribution in [3.8, 4) is 5.75 Å². The molecule has 1 aliphatic rings. The molecule has 0 aliphatic heterocycles. The molecule has 3 rings (SSSR count). The third-order valence-electron chi connectivity index (χ3n) is 7.13. The van der Waals surface area contributed by atoms with Gasteiger partial charge < -0.3 is 24.6 Å². The summed E-state index contributed by atoms with van der Waals surface area (Å²) < 4.78 is 16.9. The maximum Gasteiger partial charge on any atom is 0.330 e. The van der Waals surface area contributed by atoms with Crippen molar-refractivity contribution in [3.05, 3.63) is 70.8 Å². The molecule has 0 heterocycles. The fourth-order valence-corrected chi connectivity index (χ4v) is 5.40. The van der Waals surface area contributed by atoms with Crippen LogP contribution in [0.2, 0.25) is 0 Å². The second kappa shape index (κ2) is 14.5. The molecule has 0 bridgehead atoms. The molecule has 0 aromatic heterocycles. The van der Waals surface area contributed by atoms with E-state index in [0.29, 0.717) is 24.8 Å². The average molecular weight is 524 g/mol. The molecule has 38 heavy (non-hydrogen) atoms. The van der Waals surface area contributed by atoms with Crippen molar-refractivity contribution < 1.29 is 24.1 Å². The average Bonchev–Trinajstić information content (AvgIpc) is 3.30. The van der Waals surface area contributed by atoms with Gasteiger partial charge in [-0.25, -0.2) is 4.79 Å². The Hall–Kier alpha value is -2.67. The zero-order chi connectivity index (χ0) is 27.5. The Morgan fingerprint density at radius 1 is 1.13 bits per heavy atom. The summed E-state index contributed by atoms with van der Waals surface area (Å²) >= 11 is 0. The van der Waals surface area contributed by atoms with Gasteiger partial charge in [-0.3, -0.25) is 0 Å². The Morgan fingerprint density at radius 2 is 1.84 bits per heavy atom. The van der Waals surface area contributed by atoms with Crippen molar-refractivity contribution in [1.29, 1.82) is 0 Å². The van der Waals surface area contributed by atoms with E-state index in [4.69, 9.17) is 14.2 Å². The van der Waals surface area contributed by atoms with Crippen LogP contribution in [0.5, 0.6) is 5.75 Å². The highest BCUT2D eigenvalue weighted by atomic mass is 16.5. The van der Waals surface area contributed by atoms with Crippen LogP contribution in [0.15, 0.2) is 48.5 Å². The molecular formula is C32H45NO5. The smallest absolute Gasteiger partial charge is 0.330 e. The van der Waals surface area contributed by atoms with E-state index in [1.165, 1.54) is 17.2 Å². The summed E-state index contributed by atoms with van der Waals surface area (Å²) in [6, 6.07) is 14.5. The van der Waals surface area contributed by atoms with Crippen LogP contribution in [0.1, 0.15) is 75.3 Å². The Labute approximate surface area is 228 Å². The fourth-order valence-electron chi connectivity index (χ4n) is 5.40. The quantitative estimate of drug-likeness (QED) is 0.232. The van der Waals surface area contributed by atoms with Crippen molar-refractivity contribution in [1.82, 2.24) is 5.32 Å². The van der Waals surface area contributed by atoms with E-state index in [0.717, 1.165) is 43.2 Å². The Bertz CT molecular complexity index is 1040. The number of carbonyl (C=O) groups is 1. The largest absolute Gasteiger partial charge is 0.496 e. The predicted octanol–water partition coefficient (Wildman–Crippen LogP) is 5.66. The second-order valence-electron chi connectivity index (χ2n) is 10.8. The fraction of sp³-hybridized carbons (Fsp3) is 0.531. The molecule has 2 aromatic rings. The first kappa shape index (κ1) is 29.9. The number of hydrogen-bond acceptors (Lipinski definition) is 6. The third kappa shape index (κ3) is 8.69. The number of rotatable bonds is 15. The molecule has 6 heteroatoms. The molecule has 0 saturated heterocycles. The predicted molar refractivity (Wildman–Crippen MR) is 152 cm³/mol. The van der Waals surface area contributed by atoms with Gasteiger partial charge in [0.05, 0.1) is 32.5 Å². The first-order valence-electron chi connectivity index (χ1n) is 13.9. The summed E-state index contributed by atoms with van der Waals surface area (Å²) in [5, 5.41) is 14.4. The van der Waals surface area contributed by atoms with Crippen LogP contribution in [0, 0.1) is 5.92 Å². The van der Waals surface area contributed by atoms with Gasteiger partial charge >= 0.3 is 5.97 Å². The lowest BCUT2D eigenvalue weighted by atomic mass is 9.88. The van der Waals surface area contributed by atoms with Crippen LogP contribution in [-0.2, 0) is 27.1 Å². The van der Waals surface area contributed by atoms with Crippen LogP contribution in [0.25, 0.3) is 6.08 Å². The molecule has 0 amide bonds. The Kier molecular flexibility index (Phi) is 11.4. The van der Waals surface area contributed by atoms with E-state index in [1.54, 1.807) is 20.1 Å². The number of β-amino-alcohol motifs (C(OH)–C–C–N with tert-alkyl or cyclic N) is 1. The molecule has 0 unspecified atom stereocenters. The van der Waals surface area contributed by atoms with E-state index >= 15 is 0 Å². The molecule has 2 atom stereocenters. The number of fused-ring (bicyclic) bond motifs is 1. The van der Waals surface area contributed by atoms with E-state index in [2.05, 4.69) is 50.4 Å². The highest BCUT2D eigenvalue weighted by Gasteiger charge is 2.28. The number of methoxy groups -OCH3 is 1. The van der Waals surface area contributed by atoms with Crippen LogP contribution in [-0.4, -0.2) is 49.6 Å². The number of esters is 1. The summed E-state index contributed by atoms with van der Waals surface area (Å²) in [6.07, 6.45) is 7.24. The molecular weight excluding hydrogens is 478 g/mol. The van der Waals surface area contributed by atoms with Gasteiger partial charge in [0.15, 0.2) is 0 Å². The number of carbonyl (C=O) groups excluding carboxylic acids is 1. The zero-order valence-corrected chi connectivity index (χ0v) is 23.7. The van der Waals surface area contributed by atoms with E-state index in [9.17, 15) is 9.90 Å². The van der Waals surface area contributed by atoms with Crippen LogP contribution in [0.4, 0.5) is 0 Å². The maximum atomic E-state index is 11.9. The summed E-state index contributed by atoms with van der Waals surface area (Å²) in [7, 11) is 1.61. The van der Waals surface area contributed by atoms with Crippen molar-refractivity contribution in [3.63, 3.8) is 0 Å². The first-order valence-corrected chi connectivity index (χ1v) is 13.9. The van der Waals surface area contributed by atoms with E-state index < -0.39 is 12.1 Å². The highest BCUT2D eigenvalue weighted by Crippen LogP contribution is 2.34. The minimum Gasteiger partial charge on any atom is -0.496 e. The van der Waals surface area contributed by atoms with Crippen molar-refractivity contribution in [2.75, 3.05) is 26.9 Å². The van der Waals surface area contributed by atoms with Gasteiger partial charge in [0.2, 0.25) is 0 Å². The first-order chi connectivity index (χ1) is 18.3. The second-order valence-corrected chi connectivity index (χ2v) is 10.8. The van der Waals surface area contributed by atoms with Gasteiger partial charge in [0, 0.05) is 23.7 Å². The number of benzene rings is 2. The summed E-state index contributed by atoms with van der Waals surface area (Å²) in [5.74, 6) is 0.875. The molecule has 0 spiro atoms. The molecule has 2 aromatic carbocycles. The van der Waals surface area contributed by atoms with Crippen LogP contribution < -0.4 is 10.1 Å². The zero-order valence-electron chi connectivity index (χ0n) is 23.7. The van der Waals surface area contributed by atoms with Crippen molar-refractivity contribution in [2.45, 2.75) is 77.5 Å². The lowest BCUT2D eigenvalue weighted by Crippen LogP contribution is -2.45. The summed E-state index contributed by atoms with van der Waals surface area (Å²) in [6.45, 7) is 9.29. The summed E-state index contributed by atoms with van der Waals surface area (Å²) in [4.78, 5) is 11.9. The SMILES string of the molecule is CCC[C@@H](OC[C@H](O)CNC(C)(C)CC1Cc2ccccc2C1)c1cccc(OC)c1C=CC(=O)OCC. The number of aliphatic hydroxyl groups excluding tert-OH is 1. The highest BCUT2D eigenvalue weighted by molar-refractivity contribution is 5.88. The minimum absolute atomic E-state index is 0.0889. The molecule has 0 saturated carbocycles. The number of ether oxygens (including phenoxy) is 3. The van der Waals surface area contributed by atoms with Gasteiger partial charge in [0.1, 0.15) is 5.75 Å². The standard InChI is InChI=1S/C32H45NO5/c1-6-11-30(27-14-10-15-29(36-5)28(27)16-17-31(35)37-7-2)38-22-26(34)21-33-32(3,4)20-23-18-24-12-8-9-13-25(24)19-23/h8-10,12-17,23,26,30,33-34H,6-7,11,18-22H2,1-5H3/t26-,30-/m1/s1. The minimum atomic E-state index is -0.640. The molecule has 0 fully saturated rings. The molecule has 6 nitrogen and oxygen atoms in total. The Morgan fingerprint density at radius 3 is 2.47 bits per heavy atom. The van der Waals surface area contributed by atoms with Crippen LogP contribution in [0.3, 0.4) is 0 Å². The molecule has 0 radical (unpaired) electrons. The lowest BCUT2D eigenvalue weighted by Gasteiger charge is -2.31. The van der Waals surface area contributed by atoms with Crippen molar-refractivity contribution in [2.24, 2.45) is 5.92 Å². The van der Waals surface area contributed by atoms with Gasteiger partial charge in [-0.2, -0.15) is 0 Å². The Balaban J connectivity index is 1.58. The third-order valence-corrected chi connectivity index (χ3v) is 7.13. The molecule has 1 aliphatic carbocycles. The molecule has 2 N–H and O–H groups in total. The number of nitrogens with one attached hydrogen (secondary N) is 1. The molecule has 208 valence electrons. The monoisotopic (exact) mass is 523 g/mol. The maximum absolute atomic E-state index is 11.9. The van der Waals surface area contributed by atoms with Crippen LogP contribution >= 0.6 is 0 Å². The van der Waals surface area contributed by atoms with Gasteiger partial charge in [0.25, 0.3) is 0 Å². The van der Waals surface area contributed by atoms with Gasteiger partial charge in [-0.1, -0.05) is 49.7 Å². The normalized spacial score (nSPS) is 15.4. The summed E-state index contributed by atoms with van der Waals surface area (Å²) in [5.41, 5.74) is 4.56. The lowest BCUT2D eigenvalue weighted by molar-refractivity contribution is -0.137. The van der Waals surface area contributed by atoms with E-state index in [1.807, 2.05) is 18.2 Å². The topological polar surface area (TPSA) is 77.0 Å². The van der Waals surface area contributed by atoms with Gasteiger partial charge in [-0.05, 0) is 81.2 Å². The van der Waals surface area contributed by atoms with Crippen molar-refractivity contribution >= 4 is 12.0 Å².